The second kappa shape index (κ2) is 7.73. The van der Waals surface area contributed by atoms with Crippen molar-refractivity contribution in [3.05, 3.63) is 59.4 Å². The normalized spacial score (nSPS) is 19.0. The molecule has 0 radical (unpaired) electrons. The van der Waals surface area contributed by atoms with E-state index in [0.29, 0.717) is 12.1 Å². The molecule has 6 nitrogen and oxygen atoms in total. The number of imidazole rings is 1. The summed E-state index contributed by atoms with van der Waals surface area (Å²) in [5.41, 5.74) is 13.5. The molecule has 1 aliphatic carbocycles. The minimum atomic E-state index is 0.0494. The second-order valence-electron chi connectivity index (χ2n) is 9.94. The molecular weight excluding hydrogens is 410 g/mol. The third-order valence-electron chi connectivity index (χ3n) is 7.36. The van der Waals surface area contributed by atoms with Gasteiger partial charge in [0.05, 0.1) is 11.2 Å². The van der Waals surface area contributed by atoms with Gasteiger partial charge in [0.25, 0.3) is 5.91 Å². The minimum absolute atomic E-state index is 0.0494. The first-order valence-electron chi connectivity index (χ1n) is 12.1. The van der Waals surface area contributed by atoms with Gasteiger partial charge in [-0.15, -0.1) is 0 Å². The standard InChI is InChI=1S/C27H31N5O/c1-17-5-3-6-20-13-23(32(26(17)20)15-19-8-9-19)25-18(2)31-12-10-21(14-24(31)29-25)27(33)30-11-4-7-22(28)16-30/h3,5-6,10,12-14,19,22H,4,7-9,11,15-16,28H2,1-2H3/t22-/m1/s1. The van der Waals surface area contributed by atoms with E-state index >= 15 is 0 Å². The summed E-state index contributed by atoms with van der Waals surface area (Å²) in [5, 5.41) is 1.26. The molecule has 2 aliphatic rings. The highest BCUT2D eigenvalue weighted by atomic mass is 16.2. The van der Waals surface area contributed by atoms with E-state index in [0.717, 1.165) is 48.9 Å². The summed E-state index contributed by atoms with van der Waals surface area (Å²) in [6.45, 7) is 6.75. The van der Waals surface area contributed by atoms with Gasteiger partial charge in [-0.25, -0.2) is 4.98 Å². The van der Waals surface area contributed by atoms with E-state index in [2.05, 4.69) is 47.1 Å². The molecule has 4 heterocycles. The highest BCUT2D eigenvalue weighted by Gasteiger charge is 2.27. The number of carbonyl (C=O) groups excluding carboxylic acids is 1. The number of hydrogen-bond acceptors (Lipinski definition) is 3. The highest BCUT2D eigenvalue weighted by Crippen LogP contribution is 2.37. The zero-order chi connectivity index (χ0) is 22.7. The maximum absolute atomic E-state index is 13.1. The van der Waals surface area contributed by atoms with E-state index in [1.165, 1.54) is 35.0 Å². The van der Waals surface area contributed by atoms with Crippen LogP contribution in [-0.2, 0) is 6.54 Å². The Morgan fingerprint density at radius 2 is 2.00 bits per heavy atom. The van der Waals surface area contributed by atoms with E-state index in [1.807, 2.05) is 23.2 Å². The molecule has 6 rings (SSSR count). The Bertz CT molecular complexity index is 1380. The summed E-state index contributed by atoms with van der Waals surface area (Å²) >= 11 is 0. The molecule has 170 valence electrons. The number of fused-ring (bicyclic) bond motifs is 2. The van der Waals surface area contributed by atoms with Crippen LogP contribution in [0.15, 0.2) is 42.6 Å². The largest absolute Gasteiger partial charge is 0.339 e. The molecule has 4 aromatic rings. The van der Waals surface area contributed by atoms with Crippen LogP contribution in [0, 0.1) is 19.8 Å². The van der Waals surface area contributed by atoms with Crippen molar-refractivity contribution in [1.82, 2.24) is 18.9 Å². The first-order chi connectivity index (χ1) is 16.0. The van der Waals surface area contributed by atoms with Crippen LogP contribution in [-0.4, -0.2) is 43.9 Å². The van der Waals surface area contributed by atoms with Gasteiger partial charge >= 0.3 is 0 Å². The van der Waals surface area contributed by atoms with Crippen LogP contribution in [0.2, 0.25) is 0 Å². The Kier molecular flexibility index (Phi) is 4.80. The lowest BCUT2D eigenvalue weighted by Crippen LogP contribution is -2.45. The number of pyridine rings is 1. The monoisotopic (exact) mass is 441 g/mol. The predicted molar refractivity (Wildman–Crippen MR) is 131 cm³/mol. The van der Waals surface area contributed by atoms with Crippen molar-refractivity contribution in [3.63, 3.8) is 0 Å². The molecule has 1 atom stereocenters. The van der Waals surface area contributed by atoms with Gasteiger partial charge in [-0.3, -0.25) is 4.79 Å². The van der Waals surface area contributed by atoms with Gasteiger partial charge < -0.3 is 19.6 Å². The zero-order valence-electron chi connectivity index (χ0n) is 19.4. The summed E-state index contributed by atoms with van der Waals surface area (Å²) in [4.78, 5) is 20.0. The van der Waals surface area contributed by atoms with Crippen molar-refractivity contribution >= 4 is 22.5 Å². The number of benzene rings is 1. The average molecular weight is 442 g/mol. The van der Waals surface area contributed by atoms with E-state index in [4.69, 9.17) is 10.7 Å². The number of likely N-dealkylation sites (tertiary alicyclic amines) is 1. The molecule has 6 heteroatoms. The van der Waals surface area contributed by atoms with Crippen molar-refractivity contribution in [2.75, 3.05) is 13.1 Å². The molecule has 2 N–H and O–H groups in total. The Morgan fingerprint density at radius 1 is 1.15 bits per heavy atom. The number of rotatable bonds is 4. The SMILES string of the molecule is Cc1cccc2cc(-c3nc4cc(C(=O)N5CCC[C@@H](N)C5)ccn4c3C)n(CC3CC3)c12. The number of piperidine rings is 1. The van der Waals surface area contributed by atoms with E-state index in [9.17, 15) is 4.79 Å². The van der Waals surface area contributed by atoms with E-state index < -0.39 is 0 Å². The molecule has 1 saturated carbocycles. The van der Waals surface area contributed by atoms with Crippen molar-refractivity contribution in [3.8, 4) is 11.4 Å². The van der Waals surface area contributed by atoms with Gasteiger partial charge in [-0.2, -0.15) is 0 Å². The summed E-state index contributed by atoms with van der Waals surface area (Å²) in [6.07, 6.45) is 6.55. The van der Waals surface area contributed by atoms with Crippen molar-refractivity contribution in [2.24, 2.45) is 11.7 Å². The van der Waals surface area contributed by atoms with Gasteiger partial charge in [0.1, 0.15) is 11.3 Å². The van der Waals surface area contributed by atoms with Gasteiger partial charge in [0, 0.05) is 48.5 Å². The predicted octanol–water partition coefficient (Wildman–Crippen LogP) is 4.55. The van der Waals surface area contributed by atoms with Crippen molar-refractivity contribution in [2.45, 2.75) is 52.1 Å². The number of hydrogen-bond donors (Lipinski definition) is 1. The van der Waals surface area contributed by atoms with Crippen LogP contribution < -0.4 is 5.73 Å². The Morgan fingerprint density at radius 3 is 2.79 bits per heavy atom. The van der Waals surface area contributed by atoms with Crippen molar-refractivity contribution in [1.29, 1.82) is 0 Å². The molecule has 1 aromatic carbocycles. The lowest BCUT2D eigenvalue weighted by molar-refractivity contribution is 0.0709. The number of nitrogens with zero attached hydrogens (tertiary/aromatic N) is 4. The number of para-hydroxylation sites is 1. The molecule has 33 heavy (non-hydrogen) atoms. The van der Waals surface area contributed by atoms with Crippen LogP contribution in [0.4, 0.5) is 0 Å². The van der Waals surface area contributed by atoms with E-state index in [1.54, 1.807) is 0 Å². The molecule has 1 aliphatic heterocycles. The van der Waals surface area contributed by atoms with Gasteiger partial charge in [0.15, 0.2) is 0 Å². The third kappa shape index (κ3) is 3.53. The van der Waals surface area contributed by atoms with Crippen molar-refractivity contribution < 1.29 is 4.79 Å². The topological polar surface area (TPSA) is 68.6 Å². The molecular formula is C27H31N5O. The van der Waals surface area contributed by atoms with Gasteiger partial charge in [-0.05, 0) is 69.2 Å². The summed E-state index contributed by atoms with van der Waals surface area (Å²) in [7, 11) is 0. The molecule has 0 unspecified atom stereocenters. The summed E-state index contributed by atoms with van der Waals surface area (Å²) in [6, 6.07) is 12.7. The molecule has 0 bridgehead atoms. The van der Waals surface area contributed by atoms with Crippen LogP contribution in [0.5, 0.6) is 0 Å². The first kappa shape index (κ1) is 20.5. The number of aryl methyl sites for hydroxylation is 2. The molecule has 0 spiro atoms. The maximum Gasteiger partial charge on any atom is 0.254 e. The number of amides is 1. The Labute approximate surface area is 194 Å². The third-order valence-corrected chi connectivity index (χ3v) is 7.36. The second-order valence-corrected chi connectivity index (χ2v) is 9.94. The zero-order valence-corrected chi connectivity index (χ0v) is 19.4. The summed E-state index contributed by atoms with van der Waals surface area (Å²) < 4.78 is 4.57. The lowest BCUT2D eigenvalue weighted by atomic mass is 10.1. The quantitative estimate of drug-likeness (QED) is 0.505. The lowest BCUT2D eigenvalue weighted by Gasteiger charge is -2.30. The minimum Gasteiger partial charge on any atom is -0.339 e. The number of nitrogens with two attached hydrogens (primary N) is 1. The smallest absolute Gasteiger partial charge is 0.254 e. The van der Waals surface area contributed by atoms with Gasteiger partial charge in [-0.1, -0.05) is 18.2 Å². The molecule has 1 saturated heterocycles. The maximum atomic E-state index is 13.1. The van der Waals surface area contributed by atoms with Crippen LogP contribution >= 0.6 is 0 Å². The average Bonchev–Trinajstić information content (AvgIpc) is 3.47. The van der Waals surface area contributed by atoms with Crippen LogP contribution in [0.25, 0.3) is 27.9 Å². The molecule has 2 fully saturated rings. The fourth-order valence-electron chi connectivity index (χ4n) is 5.38. The number of carbonyl (C=O) groups is 1. The van der Waals surface area contributed by atoms with Crippen LogP contribution in [0.1, 0.15) is 47.3 Å². The highest BCUT2D eigenvalue weighted by molar-refractivity contribution is 5.95. The van der Waals surface area contributed by atoms with Crippen LogP contribution in [0.3, 0.4) is 0 Å². The molecule has 1 amide bonds. The van der Waals surface area contributed by atoms with Gasteiger partial charge in [0.2, 0.25) is 0 Å². The molecule has 3 aromatic heterocycles. The first-order valence-corrected chi connectivity index (χ1v) is 12.1. The Balaban J connectivity index is 1.43. The van der Waals surface area contributed by atoms with E-state index in [-0.39, 0.29) is 11.9 Å². The fraction of sp³-hybridized carbons (Fsp3) is 0.407. The Hall–Kier alpha value is -3.12. The number of aromatic nitrogens is 3. The fourth-order valence-corrected chi connectivity index (χ4v) is 5.38. The summed E-state index contributed by atoms with van der Waals surface area (Å²) in [5.74, 6) is 0.810.